The Morgan fingerprint density at radius 1 is 1.16 bits per heavy atom. The number of rotatable bonds is 3. The van der Waals surface area contributed by atoms with Gasteiger partial charge in [-0.3, -0.25) is 9.58 Å². The monoisotopic (exact) mass is 354 g/mol. The highest BCUT2D eigenvalue weighted by Crippen LogP contribution is 2.29. The van der Waals surface area contributed by atoms with Crippen molar-refractivity contribution in [1.82, 2.24) is 19.7 Å². The molecular weight excluding hydrogens is 332 g/mol. The zero-order valence-electron chi connectivity index (χ0n) is 14.7. The lowest BCUT2D eigenvalue weighted by Gasteiger charge is -2.32. The molecule has 1 aliphatic heterocycles. The number of halogens is 1. The molecule has 4 nitrogen and oxygen atoms in total. The maximum Gasteiger partial charge on any atom is 0.0740 e. The quantitative estimate of drug-likeness (QED) is 0.692. The molecule has 0 N–H and O–H groups in total. The van der Waals surface area contributed by atoms with Gasteiger partial charge in [-0.2, -0.15) is 5.10 Å². The predicted octanol–water partition coefficient (Wildman–Crippen LogP) is 4.54. The molecule has 0 atom stereocenters. The van der Waals surface area contributed by atoms with Crippen LogP contribution in [-0.4, -0.2) is 32.8 Å². The summed E-state index contributed by atoms with van der Waals surface area (Å²) in [6.45, 7) is 7.09. The lowest BCUT2D eigenvalue weighted by molar-refractivity contribution is 0.172. The van der Waals surface area contributed by atoms with Gasteiger partial charge in [0.05, 0.1) is 28.5 Å². The number of para-hydroxylation sites is 1. The van der Waals surface area contributed by atoms with Gasteiger partial charge in [-0.05, 0) is 43.9 Å². The summed E-state index contributed by atoms with van der Waals surface area (Å²) in [5.41, 5.74) is 4.38. The number of piperidine rings is 1. The molecule has 1 saturated heterocycles. The highest BCUT2D eigenvalue weighted by Gasteiger charge is 2.22. The topological polar surface area (TPSA) is 34.0 Å². The number of hydrogen-bond donors (Lipinski definition) is 0. The number of likely N-dealkylation sites (tertiary alicyclic amines) is 1. The molecule has 1 fully saturated rings. The molecule has 130 valence electrons. The minimum Gasteiger partial charge on any atom is -0.297 e. The van der Waals surface area contributed by atoms with E-state index >= 15 is 0 Å². The van der Waals surface area contributed by atoms with Crippen molar-refractivity contribution in [3.05, 3.63) is 58.5 Å². The van der Waals surface area contributed by atoms with Gasteiger partial charge < -0.3 is 0 Å². The molecule has 0 spiro atoms. The van der Waals surface area contributed by atoms with Gasteiger partial charge in [0.1, 0.15) is 0 Å². The lowest BCUT2D eigenvalue weighted by atomic mass is 10.0. The third-order valence-corrected chi connectivity index (χ3v) is 5.68. The Balaban J connectivity index is 1.48. The van der Waals surface area contributed by atoms with E-state index in [1.54, 1.807) is 0 Å². The second-order valence-electron chi connectivity index (χ2n) is 7.02. The van der Waals surface area contributed by atoms with Crippen molar-refractivity contribution in [3.8, 4) is 0 Å². The average Bonchev–Trinajstić information content (AvgIpc) is 3.06. The molecule has 5 heteroatoms. The minimum absolute atomic E-state index is 0.506. The molecule has 1 aliphatic rings. The Labute approximate surface area is 153 Å². The Kier molecular flexibility index (Phi) is 4.48. The maximum atomic E-state index is 6.62. The molecule has 0 amide bonds. The van der Waals surface area contributed by atoms with E-state index in [0.717, 1.165) is 59.7 Å². The van der Waals surface area contributed by atoms with E-state index in [2.05, 4.69) is 46.9 Å². The van der Waals surface area contributed by atoms with E-state index in [4.69, 9.17) is 16.6 Å². The fraction of sp³-hybridized carbons (Fsp3) is 0.400. The number of hydrogen-bond acceptors (Lipinski definition) is 3. The number of aryl methyl sites for hydroxylation is 2. The third kappa shape index (κ3) is 3.29. The van der Waals surface area contributed by atoms with Crippen molar-refractivity contribution in [2.75, 3.05) is 13.1 Å². The van der Waals surface area contributed by atoms with Crippen LogP contribution >= 0.6 is 11.6 Å². The van der Waals surface area contributed by atoms with Gasteiger partial charge in [0.25, 0.3) is 0 Å². The first-order chi connectivity index (χ1) is 12.1. The van der Waals surface area contributed by atoms with Crippen molar-refractivity contribution < 1.29 is 0 Å². The van der Waals surface area contributed by atoms with E-state index in [9.17, 15) is 0 Å². The van der Waals surface area contributed by atoms with E-state index in [0.29, 0.717) is 6.04 Å². The van der Waals surface area contributed by atoms with Gasteiger partial charge in [0.2, 0.25) is 0 Å². The van der Waals surface area contributed by atoms with Crippen molar-refractivity contribution >= 4 is 22.5 Å². The lowest BCUT2D eigenvalue weighted by Crippen LogP contribution is -2.34. The van der Waals surface area contributed by atoms with Crippen LogP contribution in [0.4, 0.5) is 0 Å². The van der Waals surface area contributed by atoms with Crippen LogP contribution in [-0.2, 0) is 6.54 Å². The van der Waals surface area contributed by atoms with Crippen LogP contribution in [0.25, 0.3) is 10.9 Å². The van der Waals surface area contributed by atoms with Crippen LogP contribution in [0.1, 0.15) is 35.7 Å². The normalized spacial score (nSPS) is 16.6. The molecule has 4 rings (SSSR count). The Morgan fingerprint density at radius 3 is 2.64 bits per heavy atom. The number of benzene rings is 1. The van der Waals surface area contributed by atoms with Gasteiger partial charge in [-0.1, -0.05) is 29.8 Å². The Hall–Kier alpha value is -1.91. The van der Waals surface area contributed by atoms with Crippen LogP contribution in [0.3, 0.4) is 0 Å². The average molecular weight is 355 g/mol. The van der Waals surface area contributed by atoms with Gasteiger partial charge in [0, 0.05) is 31.2 Å². The summed E-state index contributed by atoms with van der Waals surface area (Å²) < 4.78 is 2.12. The minimum atomic E-state index is 0.506. The standard InChI is InChI=1S/C20H23ClN4/c1-14-11-22-25(12-14)16-7-9-24(10-8-16)13-19-20(21)15(2)17-5-3-4-6-18(17)23-19/h3-6,11-12,16H,7-10,13H2,1-2H3. The summed E-state index contributed by atoms with van der Waals surface area (Å²) >= 11 is 6.62. The van der Waals surface area contributed by atoms with Crippen molar-refractivity contribution in [2.24, 2.45) is 0 Å². The van der Waals surface area contributed by atoms with Crippen molar-refractivity contribution in [3.63, 3.8) is 0 Å². The highest BCUT2D eigenvalue weighted by atomic mass is 35.5. The smallest absolute Gasteiger partial charge is 0.0740 e. The van der Waals surface area contributed by atoms with Crippen molar-refractivity contribution in [1.29, 1.82) is 0 Å². The molecule has 1 aromatic carbocycles. The fourth-order valence-electron chi connectivity index (χ4n) is 3.71. The number of nitrogens with zero attached hydrogens (tertiary/aromatic N) is 4. The predicted molar refractivity (Wildman–Crippen MR) is 102 cm³/mol. The summed E-state index contributed by atoms with van der Waals surface area (Å²) in [6.07, 6.45) is 6.32. The van der Waals surface area contributed by atoms with E-state index in [1.165, 1.54) is 5.56 Å². The molecule has 2 aromatic heterocycles. The molecule has 0 aliphatic carbocycles. The van der Waals surface area contributed by atoms with Gasteiger partial charge in [-0.25, -0.2) is 4.98 Å². The van der Waals surface area contributed by atoms with Crippen LogP contribution in [0.15, 0.2) is 36.7 Å². The SMILES string of the molecule is Cc1cnn(C2CCN(Cc3nc4ccccc4c(C)c3Cl)CC2)c1. The summed E-state index contributed by atoms with van der Waals surface area (Å²) in [7, 11) is 0. The Morgan fingerprint density at radius 2 is 1.92 bits per heavy atom. The number of pyridine rings is 1. The molecule has 0 bridgehead atoms. The fourth-order valence-corrected chi connectivity index (χ4v) is 3.91. The molecule has 3 aromatic rings. The van der Waals surface area contributed by atoms with Crippen LogP contribution in [0.2, 0.25) is 5.02 Å². The zero-order valence-corrected chi connectivity index (χ0v) is 15.5. The summed E-state index contributed by atoms with van der Waals surface area (Å²) in [5, 5.41) is 6.42. The van der Waals surface area contributed by atoms with Crippen LogP contribution < -0.4 is 0 Å². The molecular formula is C20H23ClN4. The first-order valence-corrected chi connectivity index (χ1v) is 9.26. The maximum absolute atomic E-state index is 6.62. The Bertz CT molecular complexity index is 894. The molecule has 0 radical (unpaired) electrons. The molecule has 0 unspecified atom stereocenters. The number of fused-ring (bicyclic) bond motifs is 1. The van der Waals surface area contributed by atoms with E-state index < -0.39 is 0 Å². The van der Waals surface area contributed by atoms with Gasteiger partial charge >= 0.3 is 0 Å². The number of aromatic nitrogens is 3. The van der Waals surface area contributed by atoms with Crippen molar-refractivity contribution in [2.45, 2.75) is 39.3 Å². The van der Waals surface area contributed by atoms with E-state index in [1.807, 2.05) is 18.3 Å². The van der Waals surface area contributed by atoms with Crippen LogP contribution in [0.5, 0.6) is 0 Å². The molecule has 25 heavy (non-hydrogen) atoms. The van der Waals surface area contributed by atoms with Gasteiger partial charge in [0.15, 0.2) is 0 Å². The van der Waals surface area contributed by atoms with Gasteiger partial charge in [-0.15, -0.1) is 0 Å². The van der Waals surface area contributed by atoms with E-state index in [-0.39, 0.29) is 0 Å². The largest absolute Gasteiger partial charge is 0.297 e. The first kappa shape index (κ1) is 16.6. The summed E-state index contributed by atoms with van der Waals surface area (Å²) in [6, 6.07) is 8.73. The zero-order chi connectivity index (χ0) is 17.4. The van der Waals surface area contributed by atoms with Crippen LogP contribution in [0, 0.1) is 13.8 Å². The second kappa shape index (κ2) is 6.77. The summed E-state index contributed by atoms with van der Waals surface area (Å²) in [5.74, 6) is 0. The highest BCUT2D eigenvalue weighted by molar-refractivity contribution is 6.32. The summed E-state index contributed by atoms with van der Waals surface area (Å²) in [4.78, 5) is 7.27. The third-order valence-electron chi connectivity index (χ3n) is 5.18. The molecule has 3 heterocycles. The molecule has 0 saturated carbocycles. The first-order valence-electron chi connectivity index (χ1n) is 8.88. The second-order valence-corrected chi connectivity index (χ2v) is 7.40.